The van der Waals surface area contributed by atoms with Crippen molar-refractivity contribution >= 4 is 17.6 Å². The second-order valence-corrected chi connectivity index (χ2v) is 4.77. The average molecular weight is 279 g/mol. The van der Waals surface area contributed by atoms with Crippen molar-refractivity contribution in [1.82, 2.24) is 0 Å². The summed E-state index contributed by atoms with van der Waals surface area (Å²) in [7, 11) is 0. The molecule has 0 saturated carbocycles. The van der Waals surface area contributed by atoms with Gasteiger partial charge in [-0.2, -0.15) is 0 Å². The minimum Gasteiger partial charge on any atom is -0.482 e. The number of carbonyl (C=O) groups excluding carboxylic acids is 1. The van der Waals surface area contributed by atoms with E-state index in [0.717, 1.165) is 6.42 Å². The number of ether oxygens (including phenoxy) is 2. The van der Waals surface area contributed by atoms with Crippen LogP contribution < -0.4 is 10.1 Å². The Morgan fingerprint density at radius 1 is 1.40 bits per heavy atom. The highest BCUT2D eigenvalue weighted by atomic mass is 16.5. The Labute approximate surface area is 116 Å². The fourth-order valence-electron chi connectivity index (χ4n) is 2.02. The van der Waals surface area contributed by atoms with E-state index in [0.29, 0.717) is 18.0 Å². The van der Waals surface area contributed by atoms with E-state index in [1.807, 2.05) is 6.92 Å². The molecule has 20 heavy (non-hydrogen) atoms. The molecule has 1 aliphatic heterocycles. The summed E-state index contributed by atoms with van der Waals surface area (Å²) in [6.45, 7) is 2.01. The summed E-state index contributed by atoms with van der Waals surface area (Å²) in [6, 6.07) is 6.58. The van der Waals surface area contributed by atoms with E-state index in [1.165, 1.54) is 0 Å². The zero-order chi connectivity index (χ0) is 14.5. The Morgan fingerprint density at radius 3 is 2.65 bits per heavy atom. The maximum atomic E-state index is 12.0. The molecule has 1 heterocycles. The van der Waals surface area contributed by atoms with Gasteiger partial charge in [-0.3, -0.25) is 4.79 Å². The van der Waals surface area contributed by atoms with E-state index in [2.05, 4.69) is 5.32 Å². The Morgan fingerprint density at radius 2 is 2.10 bits per heavy atom. The van der Waals surface area contributed by atoms with Crippen LogP contribution in [0.4, 0.5) is 5.69 Å². The monoisotopic (exact) mass is 279 g/mol. The van der Waals surface area contributed by atoms with Crippen molar-refractivity contribution in [2.75, 3.05) is 18.5 Å². The van der Waals surface area contributed by atoms with Crippen molar-refractivity contribution in [3.8, 4) is 5.75 Å². The highest BCUT2D eigenvalue weighted by Crippen LogP contribution is 2.22. The van der Waals surface area contributed by atoms with Crippen LogP contribution in [0.2, 0.25) is 0 Å². The second-order valence-electron chi connectivity index (χ2n) is 4.77. The van der Waals surface area contributed by atoms with Crippen molar-refractivity contribution in [3.63, 3.8) is 0 Å². The number of carboxylic acids is 1. The Balaban J connectivity index is 1.87. The molecule has 0 spiro atoms. The maximum absolute atomic E-state index is 12.0. The number of rotatable bonds is 5. The van der Waals surface area contributed by atoms with Crippen LogP contribution in [0.15, 0.2) is 24.3 Å². The Bertz CT molecular complexity index is 485. The number of hydrogen-bond donors (Lipinski definition) is 2. The SMILES string of the molecule is CC1CC(C(=O)Nc2ccc(OCC(=O)O)cc2)CO1. The average Bonchev–Trinajstić information content (AvgIpc) is 2.85. The van der Waals surface area contributed by atoms with Crippen LogP contribution in [0.5, 0.6) is 5.75 Å². The Kier molecular flexibility index (Phi) is 4.57. The van der Waals surface area contributed by atoms with Crippen LogP contribution >= 0.6 is 0 Å². The molecule has 0 aliphatic carbocycles. The van der Waals surface area contributed by atoms with E-state index < -0.39 is 5.97 Å². The lowest BCUT2D eigenvalue weighted by atomic mass is 10.1. The van der Waals surface area contributed by atoms with Gasteiger partial charge in [-0.1, -0.05) is 0 Å². The molecule has 1 saturated heterocycles. The van der Waals surface area contributed by atoms with Gasteiger partial charge in [0.05, 0.1) is 18.6 Å². The fourth-order valence-corrected chi connectivity index (χ4v) is 2.02. The first-order valence-electron chi connectivity index (χ1n) is 6.41. The van der Waals surface area contributed by atoms with Gasteiger partial charge in [0, 0.05) is 5.69 Å². The zero-order valence-corrected chi connectivity index (χ0v) is 11.2. The number of anilines is 1. The van der Waals surface area contributed by atoms with E-state index in [1.54, 1.807) is 24.3 Å². The van der Waals surface area contributed by atoms with E-state index in [4.69, 9.17) is 14.6 Å². The zero-order valence-electron chi connectivity index (χ0n) is 11.2. The molecule has 1 fully saturated rings. The third kappa shape index (κ3) is 3.96. The second kappa shape index (κ2) is 6.38. The standard InChI is InChI=1S/C14H17NO5/c1-9-6-10(7-19-9)14(18)15-11-2-4-12(5-3-11)20-8-13(16)17/h2-5,9-10H,6-8H2,1H3,(H,15,18)(H,16,17). The maximum Gasteiger partial charge on any atom is 0.341 e. The van der Waals surface area contributed by atoms with E-state index in [-0.39, 0.29) is 24.5 Å². The topological polar surface area (TPSA) is 84.9 Å². The minimum absolute atomic E-state index is 0.0615. The molecule has 1 amide bonds. The fraction of sp³-hybridized carbons (Fsp3) is 0.429. The normalized spacial score (nSPS) is 21.4. The highest BCUT2D eigenvalue weighted by Gasteiger charge is 2.28. The van der Waals surface area contributed by atoms with Crippen molar-refractivity contribution < 1.29 is 24.2 Å². The minimum atomic E-state index is -1.03. The quantitative estimate of drug-likeness (QED) is 0.853. The van der Waals surface area contributed by atoms with Gasteiger partial charge >= 0.3 is 5.97 Å². The number of hydrogen-bond acceptors (Lipinski definition) is 4. The summed E-state index contributed by atoms with van der Waals surface area (Å²) in [5, 5.41) is 11.3. The summed E-state index contributed by atoms with van der Waals surface area (Å²) in [5.41, 5.74) is 0.650. The number of amides is 1. The van der Waals surface area contributed by atoms with Crippen LogP contribution in [-0.2, 0) is 14.3 Å². The molecule has 2 N–H and O–H groups in total. The molecule has 6 nitrogen and oxygen atoms in total. The van der Waals surface area contributed by atoms with Gasteiger partial charge in [0.15, 0.2) is 6.61 Å². The van der Waals surface area contributed by atoms with Crippen LogP contribution in [0, 0.1) is 5.92 Å². The number of benzene rings is 1. The molecule has 1 aromatic carbocycles. The number of nitrogens with one attached hydrogen (secondary N) is 1. The van der Waals surface area contributed by atoms with Gasteiger partial charge in [-0.25, -0.2) is 4.79 Å². The molecule has 108 valence electrons. The summed E-state index contributed by atoms with van der Waals surface area (Å²) in [6.07, 6.45) is 0.851. The van der Waals surface area contributed by atoms with Gasteiger partial charge in [-0.05, 0) is 37.6 Å². The first kappa shape index (κ1) is 14.3. The van der Waals surface area contributed by atoms with E-state index in [9.17, 15) is 9.59 Å². The van der Waals surface area contributed by atoms with Gasteiger partial charge in [0.25, 0.3) is 0 Å². The van der Waals surface area contributed by atoms with Crippen molar-refractivity contribution in [2.24, 2.45) is 5.92 Å². The molecule has 6 heteroatoms. The smallest absolute Gasteiger partial charge is 0.341 e. The van der Waals surface area contributed by atoms with Crippen LogP contribution in [0.3, 0.4) is 0 Å². The number of carboxylic acid groups (broad SMARTS) is 1. The molecule has 2 atom stereocenters. The summed E-state index contributed by atoms with van der Waals surface area (Å²) < 4.78 is 10.4. The number of carbonyl (C=O) groups is 2. The third-order valence-corrected chi connectivity index (χ3v) is 3.05. The van der Waals surface area contributed by atoms with Crippen LogP contribution in [-0.4, -0.2) is 36.3 Å². The summed E-state index contributed by atoms with van der Waals surface area (Å²) >= 11 is 0. The van der Waals surface area contributed by atoms with Crippen molar-refractivity contribution in [3.05, 3.63) is 24.3 Å². The van der Waals surface area contributed by atoms with Crippen molar-refractivity contribution in [1.29, 1.82) is 0 Å². The highest BCUT2D eigenvalue weighted by molar-refractivity contribution is 5.92. The van der Waals surface area contributed by atoms with Gasteiger partial charge < -0.3 is 19.9 Å². The first-order chi connectivity index (χ1) is 9.54. The molecule has 2 rings (SSSR count). The predicted molar refractivity (Wildman–Crippen MR) is 71.7 cm³/mol. The van der Waals surface area contributed by atoms with Gasteiger partial charge in [0.1, 0.15) is 5.75 Å². The van der Waals surface area contributed by atoms with Crippen LogP contribution in [0.1, 0.15) is 13.3 Å². The van der Waals surface area contributed by atoms with Crippen LogP contribution in [0.25, 0.3) is 0 Å². The molecule has 0 aromatic heterocycles. The predicted octanol–water partition coefficient (Wildman–Crippen LogP) is 1.51. The number of aliphatic carboxylic acids is 1. The molecule has 2 unspecified atom stereocenters. The Hall–Kier alpha value is -2.08. The molecule has 1 aliphatic rings. The third-order valence-electron chi connectivity index (χ3n) is 3.05. The molecular weight excluding hydrogens is 262 g/mol. The lowest BCUT2D eigenvalue weighted by molar-refractivity contribution is -0.139. The summed E-state index contributed by atoms with van der Waals surface area (Å²) in [4.78, 5) is 22.3. The van der Waals surface area contributed by atoms with Crippen molar-refractivity contribution in [2.45, 2.75) is 19.4 Å². The lowest BCUT2D eigenvalue weighted by Crippen LogP contribution is -2.22. The van der Waals surface area contributed by atoms with Gasteiger partial charge in [0.2, 0.25) is 5.91 Å². The lowest BCUT2D eigenvalue weighted by Gasteiger charge is -2.10. The summed E-state index contributed by atoms with van der Waals surface area (Å²) in [5.74, 6) is -0.762. The van der Waals surface area contributed by atoms with Gasteiger partial charge in [-0.15, -0.1) is 0 Å². The molecule has 0 bridgehead atoms. The molecule has 0 radical (unpaired) electrons. The largest absolute Gasteiger partial charge is 0.482 e. The van der Waals surface area contributed by atoms with E-state index >= 15 is 0 Å². The first-order valence-corrected chi connectivity index (χ1v) is 6.41. The molecule has 1 aromatic rings. The molecular formula is C14H17NO5.